The average molecular weight is 609 g/mol. The van der Waals surface area contributed by atoms with Gasteiger partial charge in [-0.3, -0.25) is 19.3 Å². The summed E-state index contributed by atoms with van der Waals surface area (Å²) in [6.07, 6.45) is 4.13. The molecule has 1 aromatic heterocycles. The first-order chi connectivity index (χ1) is 20.8. The molecule has 2 saturated heterocycles. The van der Waals surface area contributed by atoms with E-state index >= 15 is 0 Å². The molecule has 0 aliphatic carbocycles. The van der Waals surface area contributed by atoms with Gasteiger partial charge in [-0.1, -0.05) is 36.4 Å². The summed E-state index contributed by atoms with van der Waals surface area (Å²) >= 11 is 1.95. The minimum Gasteiger partial charge on any atom is -0.483 e. The number of nitrogens with zero attached hydrogens (tertiary/aromatic N) is 3. The van der Waals surface area contributed by atoms with Crippen molar-refractivity contribution in [1.82, 2.24) is 19.7 Å². The summed E-state index contributed by atoms with van der Waals surface area (Å²) in [6.45, 7) is 3.08. The zero-order chi connectivity index (χ0) is 30.1. The Kier molecular flexibility index (Phi) is 8.54. The number of rotatable bonds is 7. The quantitative estimate of drug-likeness (QED) is 0.428. The van der Waals surface area contributed by atoms with Gasteiger partial charge in [-0.05, 0) is 49.3 Å². The molecule has 2 fully saturated rings. The number of benzene rings is 2. The van der Waals surface area contributed by atoms with Gasteiger partial charge in [-0.2, -0.15) is 11.8 Å². The second-order valence-corrected chi connectivity index (χ2v) is 12.5. The second-order valence-electron chi connectivity index (χ2n) is 11.3. The fourth-order valence-corrected chi connectivity index (χ4v) is 7.39. The Morgan fingerprint density at radius 1 is 1.07 bits per heavy atom. The molecule has 2 atom stereocenters. The van der Waals surface area contributed by atoms with E-state index in [4.69, 9.17) is 4.74 Å². The first-order valence-electron chi connectivity index (χ1n) is 14.6. The lowest BCUT2D eigenvalue weighted by molar-refractivity contribution is -0.0531. The zero-order valence-electron chi connectivity index (χ0n) is 23.9. The van der Waals surface area contributed by atoms with Crippen molar-refractivity contribution in [3.05, 3.63) is 99.0 Å². The number of carbonyl (C=O) groups excluding carboxylic acids is 2. The molecule has 43 heavy (non-hydrogen) atoms. The normalized spacial score (nSPS) is 20.8. The van der Waals surface area contributed by atoms with Crippen LogP contribution in [0.25, 0.3) is 0 Å². The molecular weight excluding hydrogens is 574 g/mol. The molecule has 4 heterocycles. The van der Waals surface area contributed by atoms with Crippen molar-refractivity contribution < 1.29 is 23.1 Å². The fourth-order valence-electron chi connectivity index (χ4n) is 6.31. The molecule has 0 bridgehead atoms. The van der Waals surface area contributed by atoms with Crippen molar-refractivity contribution in [1.29, 1.82) is 0 Å². The maximum Gasteiger partial charge on any atom is 0.276 e. The standard InChI is InChI=1S/C32H34F2N4O4S/c1-20-9-12-37(24-10-13-43-14-11-24)27-18-36-17-25(31(40)35-16-22-7-8-23(33)15-26(22)34)29(39)30(28(36)32(41)38(20)27)42-19-21-5-3-2-4-6-21/h2-8,15,17,20,24,27H,9-14,16,18-19H2,1H3,(H,35,40). The summed E-state index contributed by atoms with van der Waals surface area (Å²) in [5, 5.41) is 2.58. The Hall–Kier alpha value is -3.70. The molecule has 2 amide bonds. The van der Waals surface area contributed by atoms with E-state index in [1.807, 2.05) is 53.9 Å². The van der Waals surface area contributed by atoms with Crippen molar-refractivity contribution >= 4 is 23.6 Å². The molecule has 0 saturated carbocycles. The zero-order valence-corrected chi connectivity index (χ0v) is 24.7. The highest BCUT2D eigenvalue weighted by molar-refractivity contribution is 7.99. The molecule has 0 spiro atoms. The second kappa shape index (κ2) is 12.5. The van der Waals surface area contributed by atoms with Crippen molar-refractivity contribution in [3.8, 4) is 5.75 Å². The van der Waals surface area contributed by atoms with Gasteiger partial charge in [0.15, 0.2) is 11.4 Å². The number of nitrogens with one attached hydrogen (secondary N) is 1. The van der Waals surface area contributed by atoms with Crippen molar-refractivity contribution in [2.75, 3.05) is 18.1 Å². The van der Waals surface area contributed by atoms with Gasteiger partial charge in [0, 0.05) is 43.0 Å². The van der Waals surface area contributed by atoms with E-state index in [-0.39, 0.29) is 53.8 Å². The predicted molar refractivity (Wildman–Crippen MR) is 160 cm³/mol. The van der Waals surface area contributed by atoms with Crippen LogP contribution in [0.4, 0.5) is 8.78 Å². The summed E-state index contributed by atoms with van der Waals surface area (Å²) < 4.78 is 35.3. The smallest absolute Gasteiger partial charge is 0.276 e. The van der Waals surface area contributed by atoms with Crippen LogP contribution in [0.3, 0.4) is 0 Å². The molecule has 3 aliphatic rings. The monoisotopic (exact) mass is 608 g/mol. The number of amides is 2. The van der Waals surface area contributed by atoms with Crippen molar-refractivity contribution in [2.45, 2.75) is 64.1 Å². The molecule has 3 aromatic rings. The van der Waals surface area contributed by atoms with Crippen LogP contribution in [0.15, 0.2) is 59.5 Å². The third kappa shape index (κ3) is 5.92. The molecular formula is C32H34F2N4O4S. The summed E-state index contributed by atoms with van der Waals surface area (Å²) in [4.78, 5) is 45.7. The third-order valence-electron chi connectivity index (χ3n) is 8.60. The Balaban J connectivity index is 1.37. The fraction of sp³-hybridized carbons (Fsp3) is 0.406. The van der Waals surface area contributed by atoms with E-state index in [1.165, 1.54) is 12.3 Å². The molecule has 1 N–H and O–H groups in total. The number of pyridine rings is 1. The van der Waals surface area contributed by atoms with Gasteiger partial charge in [0.1, 0.15) is 30.0 Å². The molecule has 2 aromatic carbocycles. The molecule has 226 valence electrons. The number of ether oxygens (including phenoxy) is 1. The van der Waals surface area contributed by atoms with Gasteiger partial charge in [-0.25, -0.2) is 8.78 Å². The maximum absolute atomic E-state index is 14.2. The van der Waals surface area contributed by atoms with Gasteiger partial charge >= 0.3 is 0 Å². The summed E-state index contributed by atoms with van der Waals surface area (Å²) in [6, 6.07) is 12.7. The maximum atomic E-state index is 14.2. The summed E-state index contributed by atoms with van der Waals surface area (Å²) in [5.41, 5.74) is 0.0934. The van der Waals surface area contributed by atoms with Crippen LogP contribution >= 0.6 is 11.8 Å². The van der Waals surface area contributed by atoms with Gasteiger partial charge in [0.25, 0.3) is 11.8 Å². The number of thioether (sulfide) groups is 1. The van der Waals surface area contributed by atoms with Crippen LogP contribution in [0.1, 0.15) is 58.2 Å². The molecule has 6 rings (SSSR count). The molecule has 0 radical (unpaired) electrons. The van der Waals surface area contributed by atoms with Crippen molar-refractivity contribution in [2.24, 2.45) is 0 Å². The molecule has 2 unspecified atom stereocenters. The minimum atomic E-state index is -0.798. The highest BCUT2D eigenvalue weighted by Crippen LogP contribution is 2.35. The average Bonchev–Trinajstić information content (AvgIpc) is 3.01. The van der Waals surface area contributed by atoms with E-state index in [0.717, 1.165) is 55.0 Å². The van der Waals surface area contributed by atoms with Gasteiger partial charge in [-0.15, -0.1) is 0 Å². The Morgan fingerprint density at radius 2 is 1.84 bits per heavy atom. The third-order valence-corrected chi connectivity index (χ3v) is 9.65. The van der Waals surface area contributed by atoms with E-state index < -0.39 is 23.0 Å². The number of fused-ring (bicyclic) bond motifs is 2. The minimum absolute atomic E-state index is 0.0221. The number of halogens is 2. The highest BCUT2D eigenvalue weighted by Gasteiger charge is 2.45. The van der Waals surface area contributed by atoms with Crippen LogP contribution in [-0.4, -0.2) is 62.5 Å². The molecule has 8 nitrogen and oxygen atoms in total. The SMILES string of the molecule is CC1CCN(C2CCSCC2)C2Cn3cc(C(=O)NCc4ccc(F)cc4F)c(=O)c(OCc4ccccc4)c3C(=O)N12. The largest absolute Gasteiger partial charge is 0.483 e. The van der Waals surface area contributed by atoms with Crippen LogP contribution in [0.5, 0.6) is 5.75 Å². The number of aromatic nitrogens is 1. The van der Waals surface area contributed by atoms with E-state index in [0.29, 0.717) is 12.6 Å². The molecule has 3 aliphatic heterocycles. The number of hydrogen-bond acceptors (Lipinski definition) is 6. The Bertz CT molecular complexity index is 1580. The van der Waals surface area contributed by atoms with Gasteiger partial charge in [0.2, 0.25) is 5.43 Å². The lowest BCUT2D eigenvalue weighted by Gasteiger charge is -2.53. The van der Waals surface area contributed by atoms with Gasteiger partial charge in [0.05, 0.1) is 6.54 Å². The highest BCUT2D eigenvalue weighted by atomic mass is 32.2. The van der Waals surface area contributed by atoms with Crippen LogP contribution in [0.2, 0.25) is 0 Å². The topological polar surface area (TPSA) is 83.9 Å². The first kappa shape index (κ1) is 29.4. The Labute approximate surface area is 253 Å². The summed E-state index contributed by atoms with van der Waals surface area (Å²) in [5.74, 6) is -0.564. The molecule has 11 heteroatoms. The first-order valence-corrected chi connectivity index (χ1v) is 15.8. The van der Waals surface area contributed by atoms with Gasteiger partial charge < -0.3 is 19.5 Å². The van der Waals surface area contributed by atoms with Crippen LogP contribution in [-0.2, 0) is 19.7 Å². The van der Waals surface area contributed by atoms with E-state index in [9.17, 15) is 23.2 Å². The predicted octanol–water partition coefficient (Wildman–Crippen LogP) is 4.41. The van der Waals surface area contributed by atoms with E-state index in [2.05, 4.69) is 10.2 Å². The van der Waals surface area contributed by atoms with Crippen molar-refractivity contribution in [3.63, 3.8) is 0 Å². The van der Waals surface area contributed by atoms with E-state index in [1.54, 1.807) is 4.57 Å². The van der Waals surface area contributed by atoms with Crippen LogP contribution in [0, 0.1) is 11.6 Å². The lowest BCUT2D eigenvalue weighted by Crippen LogP contribution is -2.66. The summed E-state index contributed by atoms with van der Waals surface area (Å²) in [7, 11) is 0. The lowest BCUT2D eigenvalue weighted by atomic mass is 9.99. The Morgan fingerprint density at radius 3 is 2.58 bits per heavy atom. The number of carbonyl (C=O) groups is 2. The number of hydrogen-bond donors (Lipinski definition) is 1. The van der Waals surface area contributed by atoms with Crippen LogP contribution < -0.4 is 15.5 Å².